The van der Waals surface area contributed by atoms with E-state index in [0.717, 1.165) is 10.0 Å². The van der Waals surface area contributed by atoms with Crippen LogP contribution in [0.15, 0.2) is 40.9 Å². The first kappa shape index (κ1) is 16.4. The summed E-state index contributed by atoms with van der Waals surface area (Å²) in [5.74, 6) is -1.10. The summed E-state index contributed by atoms with van der Waals surface area (Å²) in [5, 5.41) is 10.7. The Kier molecular flexibility index (Phi) is 5.38. The predicted molar refractivity (Wildman–Crippen MR) is 87.0 cm³/mol. The Morgan fingerprint density at radius 1 is 1.29 bits per heavy atom. The normalized spacial score (nSPS) is 14.0. The number of hydrogen-bond donors (Lipinski definition) is 2. The molecule has 0 amide bonds. The molecular formula is C16H16BrClFNO. The van der Waals surface area contributed by atoms with Crippen molar-refractivity contribution in [3.63, 3.8) is 0 Å². The third-order valence-electron chi connectivity index (χ3n) is 3.49. The van der Waals surface area contributed by atoms with Gasteiger partial charge in [0, 0.05) is 16.9 Å². The third kappa shape index (κ3) is 3.46. The lowest BCUT2D eigenvalue weighted by atomic mass is 9.88. The first-order valence-electron chi connectivity index (χ1n) is 6.53. The van der Waals surface area contributed by atoms with Crippen LogP contribution in [0, 0.1) is 12.7 Å². The fourth-order valence-electron chi connectivity index (χ4n) is 2.34. The lowest BCUT2D eigenvalue weighted by Gasteiger charge is -2.24. The average molecular weight is 373 g/mol. The maximum Gasteiger partial charge on any atom is 0.145 e. The van der Waals surface area contributed by atoms with Crippen LogP contribution in [0.2, 0.25) is 5.02 Å². The van der Waals surface area contributed by atoms with Crippen molar-refractivity contribution in [2.75, 3.05) is 6.54 Å². The van der Waals surface area contributed by atoms with Crippen molar-refractivity contribution in [2.45, 2.75) is 18.9 Å². The van der Waals surface area contributed by atoms with Crippen molar-refractivity contribution < 1.29 is 9.50 Å². The van der Waals surface area contributed by atoms with Gasteiger partial charge in [0.2, 0.25) is 0 Å². The van der Waals surface area contributed by atoms with Gasteiger partial charge in [0.05, 0.1) is 11.1 Å². The highest BCUT2D eigenvalue weighted by Crippen LogP contribution is 2.36. The number of aryl methyl sites for hydroxylation is 1. The molecule has 0 radical (unpaired) electrons. The van der Waals surface area contributed by atoms with Crippen molar-refractivity contribution in [2.24, 2.45) is 5.73 Å². The average Bonchev–Trinajstić information content (AvgIpc) is 2.46. The van der Waals surface area contributed by atoms with Gasteiger partial charge in [-0.15, -0.1) is 0 Å². The van der Waals surface area contributed by atoms with Gasteiger partial charge in [-0.05, 0) is 30.2 Å². The van der Waals surface area contributed by atoms with Gasteiger partial charge in [-0.25, -0.2) is 4.39 Å². The number of rotatable bonds is 4. The molecule has 112 valence electrons. The molecule has 0 aliphatic carbocycles. The Morgan fingerprint density at radius 3 is 2.67 bits per heavy atom. The Labute approximate surface area is 136 Å². The molecule has 0 heterocycles. The molecule has 3 N–H and O–H groups in total. The van der Waals surface area contributed by atoms with E-state index in [0.29, 0.717) is 11.1 Å². The molecule has 2 atom stereocenters. The molecule has 0 saturated carbocycles. The van der Waals surface area contributed by atoms with Crippen LogP contribution in [0.5, 0.6) is 0 Å². The number of benzene rings is 2. The fraction of sp³-hybridized carbons (Fsp3) is 0.250. The minimum absolute atomic E-state index is 0.0291. The third-order valence-corrected chi connectivity index (χ3v) is 4.50. The van der Waals surface area contributed by atoms with Crippen molar-refractivity contribution in [3.05, 3.63) is 68.4 Å². The van der Waals surface area contributed by atoms with Gasteiger partial charge >= 0.3 is 0 Å². The SMILES string of the molecule is Cc1ccc(Br)c(C(O)C(CN)c2cccc(Cl)c2F)c1. The van der Waals surface area contributed by atoms with Gasteiger partial charge in [0.25, 0.3) is 0 Å². The van der Waals surface area contributed by atoms with E-state index in [2.05, 4.69) is 15.9 Å². The first-order valence-corrected chi connectivity index (χ1v) is 7.71. The van der Waals surface area contributed by atoms with Crippen molar-refractivity contribution in [1.29, 1.82) is 0 Å². The summed E-state index contributed by atoms with van der Waals surface area (Å²) < 4.78 is 14.9. The molecule has 2 unspecified atom stereocenters. The summed E-state index contributed by atoms with van der Waals surface area (Å²) in [6.07, 6.45) is -0.919. The number of nitrogens with two attached hydrogens (primary N) is 1. The number of aliphatic hydroxyl groups excluding tert-OH is 1. The molecule has 0 bridgehead atoms. The van der Waals surface area contributed by atoms with Gasteiger partial charge in [-0.3, -0.25) is 0 Å². The second kappa shape index (κ2) is 6.88. The summed E-state index contributed by atoms with van der Waals surface area (Å²) in [7, 11) is 0. The Balaban J connectivity index is 2.45. The highest BCUT2D eigenvalue weighted by Gasteiger charge is 2.26. The molecule has 21 heavy (non-hydrogen) atoms. The van der Waals surface area contributed by atoms with Crippen LogP contribution in [0.4, 0.5) is 4.39 Å². The molecule has 0 aliphatic heterocycles. The van der Waals surface area contributed by atoms with E-state index in [1.165, 1.54) is 6.07 Å². The minimum atomic E-state index is -0.919. The summed E-state index contributed by atoms with van der Waals surface area (Å²) in [5.41, 5.74) is 7.78. The van der Waals surface area contributed by atoms with E-state index in [-0.39, 0.29) is 11.6 Å². The van der Waals surface area contributed by atoms with Crippen LogP contribution in [0.25, 0.3) is 0 Å². The summed E-state index contributed by atoms with van der Waals surface area (Å²) in [6, 6.07) is 10.4. The molecular weight excluding hydrogens is 357 g/mol. The second-order valence-electron chi connectivity index (χ2n) is 4.96. The largest absolute Gasteiger partial charge is 0.388 e. The maximum absolute atomic E-state index is 14.2. The van der Waals surface area contributed by atoms with Crippen molar-refractivity contribution in [1.82, 2.24) is 0 Å². The van der Waals surface area contributed by atoms with Crippen LogP contribution in [-0.4, -0.2) is 11.7 Å². The van der Waals surface area contributed by atoms with Gasteiger partial charge in [-0.1, -0.05) is 57.4 Å². The molecule has 2 aromatic rings. The van der Waals surface area contributed by atoms with E-state index >= 15 is 0 Å². The van der Waals surface area contributed by atoms with Crippen LogP contribution in [0.1, 0.15) is 28.7 Å². The van der Waals surface area contributed by atoms with Gasteiger partial charge in [-0.2, -0.15) is 0 Å². The predicted octanol–water partition coefficient (Wildman–Crippen LogP) is 4.33. The lowest BCUT2D eigenvalue weighted by molar-refractivity contribution is 0.145. The molecule has 2 aromatic carbocycles. The van der Waals surface area contributed by atoms with E-state index in [1.807, 2.05) is 25.1 Å². The summed E-state index contributed by atoms with van der Waals surface area (Å²) in [4.78, 5) is 0. The zero-order valence-electron chi connectivity index (χ0n) is 11.5. The van der Waals surface area contributed by atoms with Crippen LogP contribution < -0.4 is 5.73 Å². The van der Waals surface area contributed by atoms with E-state index in [9.17, 15) is 9.50 Å². The number of halogens is 3. The topological polar surface area (TPSA) is 46.2 Å². The standard InChI is InChI=1S/C16H16BrClFNO/c1-9-5-6-13(17)11(7-9)16(21)12(8-20)10-3-2-4-14(18)15(10)19/h2-7,12,16,21H,8,20H2,1H3. The molecule has 5 heteroatoms. The minimum Gasteiger partial charge on any atom is -0.388 e. The van der Waals surface area contributed by atoms with Gasteiger partial charge in [0.1, 0.15) is 5.82 Å². The molecule has 0 aromatic heterocycles. The smallest absolute Gasteiger partial charge is 0.145 e. The molecule has 0 saturated heterocycles. The molecule has 2 nitrogen and oxygen atoms in total. The summed E-state index contributed by atoms with van der Waals surface area (Å²) in [6.45, 7) is 2.04. The second-order valence-corrected chi connectivity index (χ2v) is 6.22. The zero-order chi connectivity index (χ0) is 15.6. The van der Waals surface area contributed by atoms with Crippen LogP contribution >= 0.6 is 27.5 Å². The van der Waals surface area contributed by atoms with Gasteiger partial charge in [0.15, 0.2) is 0 Å². The maximum atomic E-state index is 14.2. The zero-order valence-corrected chi connectivity index (χ0v) is 13.8. The first-order chi connectivity index (χ1) is 9.95. The Morgan fingerprint density at radius 2 is 2.00 bits per heavy atom. The summed E-state index contributed by atoms with van der Waals surface area (Å²) >= 11 is 9.23. The highest BCUT2D eigenvalue weighted by molar-refractivity contribution is 9.10. The van der Waals surface area contributed by atoms with Crippen molar-refractivity contribution in [3.8, 4) is 0 Å². The van der Waals surface area contributed by atoms with E-state index in [4.69, 9.17) is 17.3 Å². The highest BCUT2D eigenvalue weighted by atomic mass is 79.9. The number of aliphatic hydroxyl groups is 1. The molecule has 0 aliphatic rings. The molecule has 0 spiro atoms. The van der Waals surface area contributed by atoms with Crippen LogP contribution in [-0.2, 0) is 0 Å². The monoisotopic (exact) mass is 371 g/mol. The van der Waals surface area contributed by atoms with E-state index < -0.39 is 17.8 Å². The number of hydrogen-bond acceptors (Lipinski definition) is 2. The molecule has 0 fully saturated rings. The Hall–Kier alpha value is -0.940. The quantitative estimate of drug-likeness (QED) is 0.839. The Bertz CT molecular complexity index is 650. The fourth-order valence-corrected chi connectivity index (χ4v) is 3.00. The lowest BCUT2D eigenvalue weighted by Crippen LogP contribution is -2.21. The van der Waals surface area contributed by atoms with Gasteiger partial charge < -0.3 is 10.8 Å². The van der Waals surface area contributed by atoms with Crippen molar-refractivity contribution >= 4 is 27.5 Å². The van der Waals surface area contributed by atoms with Crippen LogP contribution in [0.3, 0.4) is 0 Å². The molecule has 2 rings (SSSR count). The van der Waals surface area contributed by atoms with E-state index in [1.54, 1.807) is 12.1 Å².